The Balaban J connectivity index is 2.45. The average Bonchev–Trinajstić information content (AvgIpc) is 2.63. The third-order valence-electron chi connectivity index (χ3n) is 2.24. The lowest BCUT2D eigenvalue weighted by atomic mass is 10.2. The standard InChI is InChI=1S/C10H10FN3O/c11-8-2-1-3-9-7(8)4-5-14(9)6-10(15)13-12/h1-5H,6,12H2,(H,13,15). The van der Waals surface area contributed by atoms with Crippen LogP contribution in [0.4, 0.5) is 4.39 Å². The van der Waals surface area contributed by atoms with E-state index in [0.717, 1.165) is 0 Å². The van der Waals surface area contributed by atoms with Crippen LogP contribution in [0.5, 0.6) is 0 Å². The molecular formula is C10H10FN3O. The van der Waals surface area contributed by atoms with E-state index < -0.39 is 0 Å². The Morgan fingerprint density at radius 1 is 1.47 bits per heavy atom. The molecule has 1 heterocycles. The highest BCUT2D eigenvalue weighted by Crippen LogP contribution is 2.18. The zero-order chi connectivity index (χ0) is 10.8. The molecule has 0 radical (unpaired) electrons. The minimum atomic E-state index is -0.322. The fourth-order valence-electron chi connectivity index (χ4n) is 1.52. The molecule has 5 heteroatoms. The van der Waals surface area contributed by atoms with E-state index in [0.29, 0.717) is 10.9 Å². The van der Waals surface area contributed by atoms with Crippen molar-refractivity contribution in [1.29, 1.82) is 0 Å². The number of hydrazine groups is 1. The van der Waals surface area contributed by atoms with Crippen molar-refractivity contribution in [3.8, 4) is 0 Å². The van der Waals surface area contributed by atoms with Crippen molar-refractivity contribution in [2.24, 2.45) is 5.84 Å². The van der Waals surface area contributed by atoms with Crippen LogP contribution in [0.25, 0.3) is 10.9 Å². The Bertz CT molecular complexity index is 506. The van der Waals surface area contributed by atoms with Gasteiger partial charge in [-0.2, -0.15) is 0 Å². The Hall–Kier alpha value is -1.88. The topological polar surface area (TPSA) is 60.0 Å². The molecule has 78 valence electrons. The number of nitrogens with one attached hydrogen (secondary N) is 1. The van der Waals surface area contributed by atoms with Crippen LogP contribution in [0.1, 0.15) is 0 Å². The van der Waals surface area contributed by atoms with Gasteiger partial charge in [0.15, 0.2) is 0 Å². The van der Waals surface area contributed by atoms with Gasteiger partial charge in [-0.25, -0.2) is 10.2 Å². The van der Waals surface area contributed by atoms with Crippen LogP contribution in [0.15, 0.2) is 30.5 Å². The molecule has 1 amide bonds. The maximum atomic E-state index is 13.3. The maximum absolute atomic E-state index is 13.3. The molecule has 0 atom stereocenters. The molecule has 0 aliphatic rings. The largest absolute Gasteiger partial charge is 0.338 e. The molecule has 0 aliphatic carbocycles. The number of hydrogen-bond donors (Lipinski definition) is 2. The Morgan fingerprint density at radius 2 is 2.27 bits per heavy atom. The smallest absolute Gasteiger partial charge is 0.253 e. The molecule has 0 saturated carbocycles. The van der Waals surface area contributed by atoms with E-state index in [4.69, 9.17) is 5.84 Å². The van der Waals surface area contributed by atoms with E-state index in [-0.39, 0.29) is 18.3 Å². The number of rotatable bonds is 2. The lowest BCUT2D eigenvalue weighted by molar-refractivity contribution is -0.121. The monoisotopic (exact) mass is 207 g/mol. The first-order chi connectivity index (χ1) is 7.22. The Kier molecular flexibility index (Phi) is 2.39. The molecular weight excluding hydrogens is 197 g/mol. The van der Waals surface area contributed by atoms with Gasteiger partial charge in [0.1, 0.15) is 12.4 Å². The van der Waals surface area contributed by atoms with Crippen molar-refractivity contribution in [3.05, 3.63) is 36.3 Å². The van der Waals surface area contributed by atoms with Gasteiger partial charge in [-0.3, -0.25) is 10.2 Å². The van der Waals surface area contributed by atoms with Crippen LogP contribution in [-0.4, -0.2) is 10.5 Å². The van der Waals surface area contributed by atoms with Gasteiger partial charge in [0.25, 0.3) is 5.91 Å². The number of aromatic nitrogens is 1. The third-order valence-corrected chi connectivity index (χ3v) is 2.24. The number of hydrogen-bond acceptors (Lipinski definition) is 2. The highest BCUT2D eigenvalue weighted by Gasteiger charge is 2.07. The number of nitrogens with two attached hydrogens (primary N) is 1. The van der Waals surface area contributed by atoms with E-state index in [2.05, 4.69) is 0 Å². The van der Waals surface area contributed by atoms with Crippen LogP contribution in [0, 0.1) is 5.82 Å². The molecule has 0 fully saturated rings. The first-order valence-electron chi connectivity index (χ1n) is 4.45. The average molecular weight is 207 g/mol. The highest BCUT2D eigenvalue weighted by molar-refractivity contribution is 5.83. The van der Waals surface area contributed by atoms with Crippen molar-refractivity contribution < 1.29 is 9.18 Å². The quantitative estimate of drug-likeness (QED) is 0.434. The number of nitrogens with zero attached hydrogens (tertiary/aromatic N) is 1. The van der Waals surface area contributed by atoms with Crippen LogP contribution in [-0.2, 0) is 11.3 Å². The second-order valence-electron chi connectivity index (χ2n) is 3.18. The van der Waals surface area contributed by atoms with E-state index in [1.807, 2.05) is 5.43 Å². The van der Waals surface area contributed by atoms with Gasteiger partial charge in [-0.05, 0) is 18.2 Å². The van der Waals surface area contributed by atoms with Gasteiger partial charge in [0, 0.05) is 11.6 Å². The van der Waals surface area contributed by atoms with Crippen LogP contribution in [0.3, 0.4) is 0 Å². The molecule has 0 bridgehead atoms. The Morgan fingerprint density at radius 3 is 3.00 bits per heavy atom. The number of benzene rings is 1. The number of amides is 1. The van der Waals surface area contributed by atoms with E-state index >= 15 is 0 Å². The summed E-state index contributed by atoms with van der Waals surface area (Å²) in [5.41, 5.74) is 2.71. The van der Waals surface area contributed by atoms with Crippen molar-refractivity contribution in [1.82, 2.24) is 9.99 Å². The summed E-state index contributed by atoms with van der Waals surface area (Å²) >= 11 is 0. The fraction of sp³-hybridized carbons (Fsp3) is 0.100. The summed E-state index contributed by atoms with van der Waals surface area (Å²) in [7, 11) is 0. The molecule has 0 aliphatic heterocycles. The van der Waals surface area contributed by atoms with Crippen LogP contribution in [0.2, 0.25) is 0 Å². The lowest BCUT2D eigenvalue weighted by Crippen LogP contribution is -2.33. The molecule has 15 heavy (non-hydrogen) atoms. The van der Waals surface area contributed by atoms with Crippen LogP contribution >= 0.6 is 0 Å². The van der Waals surface area contributed by atoms with E-state index in [1.165, 1.54) is 6.07 Å². The predicted molar refractivity (Wildman–Crippen MR) is 54.2 cm³/mol. The van der Waals surface area contributed by atoms with Gasteiger partial charge in [-0.1, -0.05) is 6.07 Å². The SMILES string of the molecule is NNC(=O)Cn1ccc2c(F)cccc21. The first kappa shape index (κ1) is 9.67. The zero-order valence-electron chi connectivity index (χ0n) is 7.90. The molecule has 1 aromatic carbocycles. The van der Waals surface area contributed by atoms with Crippen molar-refractivity contribution in [2.75, 3.05) is 0 Å². The van der Waals surface area contributed by atoms with E-state index in [1.54, 1.807) is 29.0 Å². The number of carbonyl (C=O) groups excluding carboxylic acids is 1. The van der Waals surface area contributed by atoms with Crippen LogP contribution < -0.4 is 11.3 Å². The number of fused-ring (bicyclic) bond motifs is 1. The van der Waals surface area contributed by atoms with Gasteiger partial charge >= 0.3 is 0 Å². The first-order valence-corrected chi connectivity index (χ1v) is 4.45. The molecule has 4 nitrogen and oxygen atoms in total. The summed E-state index contributed by atoms with van der Waals surface area (Å²) in [6.07, 6.45) is 1.66. The molecule has 0 saturated heterocycles. The predicted octanol–water partition coefficient (Wildman–Crippen LogP) is 0.770. The molecule has 0 spiro atoms. The second-order valence-corrected chi connectivity index (χ2v) is 3.18. The molecule has 1 aromatic heterocycles. The molecule has 2 rings (SSSR count). The fourth-order valence-corrected chi connectivity index (χ4v) is 1.52. The summed E-state index contributed by atoms with van der Waals surface area (Å²) in [4.78, 5) is 11.1. The van der Waals surface area contributed by atoms with Gasteiger partial charge in [0.05, 0.1) is 5.52 Å². The molecule has 0 unspecified atom stereocenters. The summed E-state index contributed by atoms with van der Waals surface area (Å²) < 4.78 is 14.9. The minimum absolute atomic E-state index is 0.0868. The second kappa shape index (κ2) is 3.70. The van der Waals surface area contributed by atoms with Crippen molar-refractivity contribution >= 4 is 16.8 Å². The van der Waals surface area contributed by atoms with Crippen molar-refractivity contribution in [3.63, 3.8) is 0 Å². The highest BCUT2D eigenvalue weighted by atomic mass is 19.1. The summed E-state index contributed by atoms with van der Waals surface area (Å²) in [5, 5.41) is 0.502. The normalized spacial score (nSPS) is 10.5. The van der Waals surface area contributed by atoms with E-state index in [9.17, 15) is 9.18 Å². The van der Waals surface area contributed by atoms with Gasteiger partial charge in [0.2, 0.25) is 0 Å². The minimum Gasteiger partial charge on any atom is -0.338 e. The Labute approximate surface area is 85.4 Å². The molecule has 2 aromatic rings. The lowest BCUT2D eigenvalue weighted by Gasteiger charge is -2.03. The summed E-state index contributed by atoms with van der Waals surface area (Å²) in [6, 6.07) is 6.38. The van der Waals surface area contributed by atoms with Gasteiger partial charge in [-0.15, -0.1) is 0 Å². The summed E-state index contributed by atoms with van der Waals surface area (Å²) in [5.74, 6) is 4.36. The van der Waals surface area contributed by atoms with Crippen molar-refractivity contribution in [2.45, 2.75) is 6.54 Å². The molecule has 3 N–H and O–H groups in total. The summed E-state index contributed by atoms with van der Waals surface area (Å²) in [6.45, 7) is 0.0868. The zero-order valence-corrected chi connectivity index (χ0v) is 7.90. The third kappa shape index (κ3) is 1.69. The number of carbonyl (C=O) groups is 1. The number of halogens is 1. The van der Waals surface area contributed by atoms with Gasteiger partial charge < -0.3 is 4.57 Å². The maximum Gasteiger partial charge on any atom is 0.253 e.